The Morgan fingerprint density at radius 3 is 2.58 bits per heavy atom. The fourth-order valence-corrected chi connectivity index (χ4v) is 4.00. The van der Waals surface area contributed by atoms with E-state index in [1.165, 1.54) is 5.69 Å². The molecule has 5 heteroatoms. The maximum absolute atomic E-state index is 5.67. The summed E-state index contributed by atoms with van der Waals surface area (Å²) < 4.78 is 2.25. The molecule has 0 amide bonds. The average molecular weight is 363 g/mol. The highest BCUT2D eigenvalue weighted by atomic mass is 32.1. The van der Waals surface area contributed by atoms with Gasteiger partial charge in [-0.2, -0.15) is 0 Å². The Morgan fingerprint density at radius 1 is 1.04 bits per heavy atom. The zero-order chi connectivity index (χ0) is 17.9. The highest BCUT2D eigenvalue weighted by Crippen LogP contribution is 2.39. The molecule has 0 spiro atoms. The lowest BCUT2D eigenvalue weighted by molar-refractivity contribution is 0.309. The molecule has 0 aliphatic carbocycles. The standard InChI is InChI=1S/C21H22N4S/c1-2-14-25-20(19(23-21(25)26)17-11-6-7-13-22-17)18-12-8-15-24(18)16-9-4-3-5-10-16/h3-13,15,19-20H,2,14H2,1H3,(H,23,26)/t19-,20-/m0/s1. The quantitative estimate of drug-likeness (QED) is 0.688. The third-order valence-corrected chi connectivity index (χ3v) is 5.13. The van der Waals surface area contributed by atoms with E-state index in [9.17, 15) is 0 Å². The minimum atomic E-state index is 0.0348. The first-order chi connectivity index (χ1) is 12.8. The monoisotopic (exact) mass is 362 g/mol. The third kappa shape index (κ3) is 2.99. The number of aromatic nitrogens is 2. The Labute approximate surface area is 159 Å². The number of benzene rings is 1. The first-order valence-electron chi connectivity index (χ1n) is 9.00. The largest absolute Gasteiger partial charge is 0.352 e. The van der Waals surface area contributed by atoms with E-state index in [1.54, 1.807) is 0 Å². The van der Waals surface area contributed by atoms with E-state index in [1.807, 2.05) is 24.4 Å². The highest BCUT2D eigenvalue weighted by Gasteiger charge is 2.40. The second-order valence-electron chi connectivity index (χ2n) is 6.46. The molecule has 0 saturated carbocycles. The van der Waals surface area contributed by atoms with Crippen molar-refractivity contribution in [1.82, 2.24) is 19.8 Å². The van der Waals surface area contributed by atoms with Crippen LogP contribution < -0.4 is 5.32 Å². The highest BCUT2D eigenvalue weighted by molar-refractivity contribution is 7.80. The number of hydrogen-bond acceptors (Lipinski definition) is 2. The number of thiocarbonyl (C=S) groups is 1. The SMILES string of the molecule is CCCN1C(=S)N[C@@H](c2ccccn2)[C@@H]1c1cccn1-c1ccccc1. The van der Waals surface area contributed by atoms with Gasteiger partial charge in [0.2, 0.25) is 0 Å². The molecule has 3 heterocycles. The summed E-state index contributed by atoms with van der Waals surface area (Å²) in [6.45, 7) is 3.10. The lowest BCUT2D eigenvalue weighted by Gasteiger charge is -2.28. The number of nitrogens with zero attached hydrogens (tertiary/aromatic N) is 3. The molecule has 132 valence electrons. The minimum absolute atomic E-state index is 0.0348. The van der Waals surface area contributed by atoms with Crippen molar-refractivity contribution in [2.24, 2.45) is 0 Å². The van der Waals surface area contributed by atoms with Gasteiger partial charge in [0.1, 0.15) is 0 Å². The molecule has 4 nitrogen and oxygen atoms in total. The summed E-state index contributed by atoms with van der Waals surface area (Å²) in [4.78, 5) is 6.89. The lowest BCUT2D eigenvalue weighted by Crippen LogP contribution is -2.31. The fraction of sp³-hybridized carbons (Fsp3) is 0.238. The van der Waals surface area contributed by atoms with Crippen LogP contribution in [0.25, 0.3) is 5.69 Å². The number of rotatable bonds is 5. The smallest absolute Gasteiger partial charge is 0.170 e. The second kappa shape index (κ2) is 7.30. The second-order valence-corrected chi connectivity index (χ2v) is 6.85. The van der Waals surface area contributed by atoms with Crippen LogP contribution in [0.4, 0.5) is 0 Å². The summed E-state index contributed by atoms with van der Waals surface area (Å²) in [5, 5.41) is 4.30. The molecule has 1 aromatic carbocycles. The van der Waals surface area contributed by atoms with Crippen molar-refractivity contribution in [3.8, 4) is 5.69 Å². The van der Waals surface area contributed by atoms with Crippen LogP contribution in [0.5, 0.6) is 0 Å². The van der Waals surface area contributed by atoms with E-state index in [4.69, 9.17) is 12.2 Å². The van der Waals surface area contributed by atoms with Gasteiger partial charge in [-0.3, -0.25) is 4.98 Å². The van der Waals surface area contributed by atoms with E-state index in [-0.39, 0.29) is 12.1 Å². The molecule has 1 N–H and O–H groups in total. The molecule has 1 fully saturated rings. The van der Waals surface area contributed by atoms with Gasteiger partial charge in [-0.05, 0) is 55.0 Å². The van der Waals surface area contributed by atoms with Crippen LogP contribution in [-0.4, -0.2) is 26.1 Å². The van der Waals surface area contributed by atoms with Crippen LogP contribution in [0.1, 0.15) is 36.8 Å². The minimum Gasteiger partial charge on any atom is -0.352 e. The number of pyridine rings is 1. The topological polar surface area (TPSA) is 33.1 Å². The van der Waals surface area contributed by atoms with E-state index >= 15 is 0 Å². The van der Waals surface area contributed by atoms with E-state index < -0.39 is 0 Å². The van der Waals surface area contributed by atoms with Crippen LogP contribution in [0, 0.1) is 0 Å². The van der Waals surface area contributed by atoms with Gasteiger partial charge >= 0.3 is 0 Å². The zero-order valence-electron chi connectivity index (χ0n) is 14.7. The molecular formula is C21H22N4S. The third-order valence-electron chi connectivity index (χ3n) is 4.78. The van der Waals surface area contributed by atoms with Crippen molar-refractivity contribution in [2.75, 3.05) is 6.54 Å². The van der Waals surface area contributed by atoms with Gasteiger partial charge in [0, 0.05) is 30.3 Å². The molecule has 1 aliphatic rings. The van der Waals surface area contributed by atoms with Crippen molar-refractivity contribution >= 4 is 17.3 Å². The van der Waals surface area contributed by atoms with E-state index in [2.05, 4.69) is 75.4 Å². The normalized spacial score (nSPS) is 19.6. The first-order valence-corrected chi connectivity index (χ1v) is 9.41. The summed E-state index contributed by atoms with van der Waals surface area (Å²) in [7, 11) is 0. The van der Waals surface area contributed by atoms with Gasteiger partial charge in [-0.1, -0.05) is 31.2 Å². The number of para-hydroxylation sites is 1. The molecule has 4 rings (SSSR count). The van der Waals surface area contributed by atoms with Crippen molar-refractivity contribution in [3.63, 3.8) is 0 Å². The summed E-state index contributed by atoms with van der Waals surface area (Å²) in [5.41, 5.74) is 3.38. The maximum atomic E-state index is 5.67. The van der Waals surface area contributed by atoms with Crippen molar-refractivity contribution < 1.29 is 0 Å². The Bertz CT molecular complexity index is 875. The predicted octanol–water partition coefficient (Wildman–Crippen LogP) is 4.25. The predicted molar refractivity (Wildman–Crippen MR) is 108 cm³/mol. The van der Waals surface area contributed by atoms with Crippen LogP contribution in [-0.2, 0) is 0 Å². The van der Waals surface area contributed by atoms with Gasteiger partial charge in [0.25, 0.3) is 0 Å². The molecule has 0 unspecified atom stereocenters. The Morgan fingerprint density at radius 2 is 1.85 bits per heavy atom. The fourth-order valence-electron chi connectivity index (χ4n) is 3.67. The molecule has 0 bridgehead atoms. The summed E-state index contributed by atoms with van der Waals surface area (Å²) in [6, 6.07) is 20.9. The Kier molecular flexibility index (Phi) is 4.71. The molecule has 2 aromatic heterocycles. The van der Waals surface area contributed by atoms with E-state index in [0.29, 0.717) is 0 Å². The molecule has 3 aromatic rings. The van der Waals surface area contributed by atoms with Gasteiger partial charge in [0.15, 0.2) is 5.11 Å². The lowest BCUT2D eigenvalue weighted by atomic mass is 10.0. The van der Waals surface area contributed by atoms with E-state index in [0.717, 1.165) is 29.5 Å². The summed E-state index contributed by atoms with van der Waals surface area (Å²) >= 11 is 5.67. The van der Waals surface area contributed by atoms with Crippen molar-refractivity contribution in [3.05, 3.63) is 84.4 Å². The van der Waals surface area contributed by atoms with Gasteiger partial charge < -0.3 is 14.8 Å². The molecule has 0 radical (unpaired) electrons. The maximum Gasteiger partial charge on any atom is 0.170 e. The molecule has 2 atom stereocenters. The molecule has 1 saturated heterocycles. The van der Waals surface area contributed by atoms with Crippen LogP contribution in [0.3, 0.4) is 0 Å². The summed E-state index contributed by atoms with van der Waals surface area (Å²) in [6.07, 6.45) is 5.00. The van der Waals surface area contributed by atoms with Gasteiger partial charge in [-0.15, -0.1) is 0 Å². The zero-order valence-corrected chi connectivity index (χ0v) is 15.6. The van der Waals surface area contributed by atoms with Crippen molar-refractivity contribution in [2.45, 2.75) is 25.4 Å². The average Bonchev–Trinajstić information content (AvgIpc) is 3.28. The molecule has 26 heavy (non-hydrogen) atoms. The Hall–Kier alpha value is -2.66. The first kappa shape index (κ1) is 16.8. The molecular weight excluding hydrogens is 340 g/mol. The van der Waals surface area contributed by atoms with Crippen molar-refractivity contribution in [1.29, 1.82) is 0 Å². The number of hydrogen-bond donors (Lipinski definition) is 1. The van der Waals surface area contributed by atoms with Crippen LogP contribution in [0.2, 0.25) is 0 Å². The van der Waals surface area contributed by atoms with Crippen LogP contribution in [0.15, 0.2) is 73.1 Å². The van der Waals surface area contributed by atoms with Gasteiger partial charge in [0.05, 0.1) is 17.8 Å². The number of nitrogens with one attached hydrogen (secondary N) is 1. The van der Waals surface area contributed by atoms with Crippen LogP contribution >= 0.6 is 12.2 Å². The van der Waals surface area contributed by atoms with Gasteiger partial charge in [-0.25, -0.2) is 0 Å². The Balaban J connectivity index is 1.81. The molecule has 1 aliphatic heterocycles. The summed E-state index contributed by atoms with van der Waals surface area (Å²) in [5.74, 6) is 0.